The number of fused-ring (bicyclic) bond motifs is 1. The number of benzene rings is 1. The molecule has 2 unspecified atom stereocenters. The average molecular weight is 374 g/mol. The van der Waals surface area contributed by atoms with Crippen molar-refractivity contribution in [2.75, 3.05) is 0 Å². The Bertz CT molecular complexity index is 790. The summed E-state index contributed by atoms with van der Waals surface area (Å²) in [6.45, 7) is 2.14. The van der Waals surface area contributed by atoms with Crippen molar-refractivity contribution in [2.45, 2.75) is 57.7 Å². The topological polar surface area (TPSA) is 113 Å². The van der Waals surface area contributed by atoms with Gasteiger partial charge in [0.1, 0.15) is 11.8 Å². The maximum Gasteiger partial charge on any atom is 0.303 e. The van der Waals surface area contributed by atoms with Gasteiger partial charge in [0.25, 0.3) is 5.91 Å². The van der Waals surface area contributed by atoms with E-state index in [1.165, 1.54) is 4.90 Å². The number of carboxylic acid groups (broad SMARTS) is 1. The molecule has 0 aliphatic carbocycles. The first-order valence-electron chi connectivity index (χ1n) is 9.05. The minimum absolute atomic E-state index is 0.00879. The average Bonchev–Trinajstić information content (AvgIpc) is 2.96. The van der Waals surface area contributed by atoms with Crippen LogP contribution in [-0.4, -0.2) is 45.8 Å². The third kappa shape index (κ3) is 3.94. The second kappa shape index (κ2) is 7.77. The molecule has 0 spiro atoms. The highest BCUT2D eigenvalue weighted by molar-refractivity contribution is 6.05. The lowest BCUT2D eigenvalue weighted by Gasteiger charge is -2.29. The largest absolute Gasteiger partial charge is 0.490 e. The van der Waals surface area contributed by atoms with Crippen LogP contribution in [0.15, 0.2) is 18.2 Å². The fraction of sp³-hybridized carbons (Fsp3) is 0.474. The fourth-order valence-corrected chi connectivity index (χ4v) is 3.48. The Balaban J connectivity index is 1.78. The summed E-state index contributed by atoms with van der Waals surface area (Å²) in [5.74, 6) is -1.39. The van der Waals surface area contributed by atoms with Gasteiger partial charge < -0.3 is 14.7 Å². The number of rotatable bonds is 7. The molecule has 2 N–H and O–H groups in total. The molecule has 2 atom stereocenters. The maximum absolute atomic E-state index is 12.8. The van der Waals surface area contributed by atoms with E-state index < -0.39 is 17.9 Å². The normalized spacial score (nSPS) is 20.3. The number of nitrogens with zero attached hydrogens (tertiary/aromatic N) is 1. The molecule has 2 aliphatic heterocycles. The van der Waals surface area contributed by atoms with E-state index in [9.17, 15) is 19.2 Å². The highest BCUT2D eigenvalue weighted by Crippen LogP contribution is 2.34. The van der Waals surface area contributed by atoms with Crippen LogP contribution in [0.5, 0.6) is 5.75 Å². The Morgan fingerprint density at radius 2 is 2.15 bits per heavy atom. The van der Waals surface area contributed by atoms with Gasteiger partial charge in [-0.15, -0.1) is 0 Å². The molecular formula is C19H22N2O6. The Morgan fingerprint density at radius 1 is 1.37 bits per heavy atom. The van der Waals surface area contributed by atoms with E-state index in [1.807, 2.05) is 6.92 Å². The van der Waals surface area contributed by atoms with Crippen LogP contribution in [0.4, 0.5) is 0 Å². The van der Waals surface area contributed by atoms with E-state index in [0.717, 1.165) is 0 Å². The molecule has 0 saturated carbocycles. The number of carbonyl (C=O) groups excluding carboxylic acids is 3. The SMILES string of the molecule is CCC(CCC(=O)O)Oc1cccc2c1CN(C1CCC(=O)NC1=O)C2=O. The number of ether oxygens (including phenoxy) is 1. The molecule has 3 amide bonds. The highest BCUT2D eigenvalue weighted by atomic mass is 16.5. The number of nitrogens with one attached hydrogen (secondary N) is 1. The van der Waals surface area contributed by atoms with Gasteiger partial charge in [0.2, 0.25) is 11.8 Å². The second-order valence-corrected chi connectivity index (χ2v) is 6.76. The van der Waals surface area contributed by atoms with Crippen LogP contribution in [0.3, 0.4) is 0 Å². The van der Waals surface area contributed by atoms with Gasteiger partial charge in [-0.05, 0) is 31.4 Å². The molecule has 2 heterocycles. The molecular weight excluding hydrogens is 352 g/mol. The Hall–Kier alpha value is -2.90. The molecule has 8 heteroatoms. The predicted molar refractivity (Wildman–Crippen MR) is 94.1 cm³/mol. The summed E-state index contributed by atoms with van der Waals surface area (Å²) in [4.78, 5) is 48.5. The molecule has 0 aromatic heterocycles. The van der Waals surface area contributed by atoms with Crippen LogP contribution in [-0.2, 0) is 20.9 Å². The van der Waals surface area contributed by atoms with Crippen LogP contribution in [0.2, 0.25) is 0 Å². The lowest BCUT2D eigenvalue weighted by molar-refractivity contribution is -0.138. The van der Waals surface area contributed by atoms with Gasteiger partial charge in [0.05, 0.1) is 12.6 Å². The van der Waals surface area contributed by atoms with Crippen molar-refractivity contribution < 1.29 is 29.0 Å². The number of amides is 3. The van der Waals surface area contributed by atoms with Gasteiger partial charge in [0, 0.05) is 24.0 Å². The summed E-state index contributed by atoms with van der Waals surface area (Å²) in [7, 11) is 0. The van der Waals surface area contributed by atoms with E-state index in [1.54, 1.807) is 18.2 Å². The monoisotopic (exact) mass is 374 g/mol. The van der Waals surface area contributed by atoms with Crippen LogP contribution < -0.4 is 10.1 Å². The van der Waals surface area contributed by atoms with Crippen molar-refractivity contribution in [3.8, 4) is 5.75 Å². The number of carboxylic acids is 1. The van der Waals surface area contributed by atoms with Crippen molar-refractivity contribution in [3.63, 3.8) is 0 Å². The summed E-state index contributed by atoms with van der Waals surface area (Å²) in [5.41, 5.74) is 1.17. The molecule has 1 aromatic carbocycles. The number of piperidine rings is 1. The first kappa shape index (κ1) is 18.9. The summed E-state index contributed by atoms with van der Waals surface area (Å²) in [5, 5.41) is 11.1. The zero-order valence-corrected chi connectivity index (χ0v) is 15.1. The van der Waals surface area contributed by atoms with Gasteiger partial charge in [-0.1, -0.05) is 13.0 Å². The molecule has 1 saturated heterocycles. The lowest BCUT2D eigenvalue weighted by Crippen LogP contribution is -2.52. The molecule has 1 aromatic rings. The van der Waals surface area contributed by atoms with Crippen molar-refractivity contribution in [1.82, 2.24) is 10.2 Å². The quantitative estimate of drug-likeness (QED) is 0.699. The fourth-order valence-electron chi connectivity index (χ4n) is 3.48. The molecule has 27 heavy (non-hydrogen) atoms. The summed E-state index contributed by atoms with van der Waals surface area (Å²) in [6.07, 6.45) is 1.26. The maximum atomic E-state index is 12.8. The minimum Gasteiger partial charge on any atom is -0.490 e. The highest BCUT2D eigenvalue weighted by Gasteiger charge is 2.40. The van der Waals surface area contributed by atoms with Crippen molar-refractivity contribution in [1.29, 1.82) is 0 Å². The molecule has 1 fully saturated rings. The summed E-state index contributed by atoms with van der Waals surface area (Å²) in [6, 6.07) is 4.48. The first-order chi connectivity index (χ1) is 12.9. The molecule has 0 bridgehead atoms. The van der Waals surface area contributed by atoms with Crippen molar-refractivity contribution in [2.24, 2.45) is 0 Å². The zero-order chi connectivity index (χ0) is 19.6. The number of hydrogen-bond donors (Lipinski definition) is 2. The molecule has 3 rings (SSSR count). The Morgan fingerprint density at radius 3 is 2.81 bits per heavy atom. The van der Waals surface area contributed by atoms with Crippen molar-refractivity contribution >= 4 is 23.7 Å². The first-order valence-corrected chi connectivity index (χ1v) is 9.05. The van der Waals surface area contributed by atoms with Crippen LogP contribution >= 0.6 is 0 Å². The van der Waals surface area contributed by atoms with Gasteiger partial charge in [-0.3, -0.25) is 24.5 Å². The molecule has 144 valence electrons. The smallest absolute Gasteiger partial charge is 0.303 e. The Labute approximate surface area is 156 Å². The standard InChI is InChI=1S/C19H22N2O6/c1-2-11(6-9-17(23)24)27-15-5-3-4-12-13(15)10-21(19(12)26)14-7-8-16(22)20-18(14)25/h3-5,11,14H,2,6-10H2,1H3,(H,23,24)(H,20,22,25). The van der Waals surface area contributed by atoms with E-state index in [0.29, 0.717) is 36.1 Å². The summed E-state index contributed by atoms with van der Waals surface area (Å²) < 4.78 is 5.99. The molecule has 0 radical (unpaired) electrons. The molecule has 8 nitrogen and oxygen atoms in total. The molecule has 2 aliphatic rings. The third-order valence-corrected chi connectivity index (χ3v) is 4.97. The second-order valence-electron chi connectivity index (χ2n) is 6.76. The van der Waals surface area contributed by atoms with Gasteiger partial charge in [-0.25, -0.2) is 0 Å². The van der Waals surface area contributed by atoms with Crippen LogP contribution in [0.25, 0.3) is 0 Å². The van der Waals surface area contributed by atoms with E-state index >= 15 is 0 Å². The lowest BCUT2D eigenvalue weighted by atomic mass is 10.0. The van der Waals surface area contributed by atoms with E-state index in [-0.39, 0.29) is 37.3 Å². The number of hydrogen-bond acceptors (Lipinski definition) is 5. The minimum atomic E-state index is -0.880. The van der Waals surface area contributed by atoms with Gasteiger partial charge in [-0.2, -0.15) is 0 Å². The van der Waals surface area contributed by atoms with Crippen LogP contribution in [0.1, 0.15) is 54.9 Å². The van der Waals surface area contributed by atoms with Gasteiger partial charge in [0.15, 0.2) is 0 Å². The van der Waals surface area contributed by atoms with E-state index in [4.69, 9.17) is 9.84 Å². The zero-order valence-electron chi connectivity index (χ0n) is 15.1. The van der Waals surface area contributed by atoms with E-state index in [2.05, 4.69) is 5.32 Å². The van der Waals surface area contributed by atoms with Gasteiger partial charge >= 0.3 is 5.97 Å². The third-order valence-electron chi connectivity index (χ3n) is 4.97. The predicted octanol–water partition coefficient (Wildman–Crippen LogP) is 1.47. The number of imide groups is 1. The Kier molecular flexibility index (Phi) is 5.43. The number of carbonyl (C=O) groups is 4. The number of aliphatic carboxylic acids is 1. The summed E-state index contributed by atoms with van der Waals surface area (Å²) >= 11 is 0. The van der Waals surface area contributed by atoms with Crippen LogP contribution in [0, 0.1) is 0 Å². The van der Waals surface area contributed by atoms with Crippen molar-refractivity contribution in [3.05, 3.63) is 29.3 Å².